The van der Waals surface area contributed by atoms with E-state index in [0.29, 0.717) is 0 Å². The maximum absolute atomic E-state index is 4.56. The summed E-state index contributed by atoms with van der Waals surface area (Å²) in [6.45, 7) is 4.48. The van der Waals surface area contributed by atoms with Crippen LogP contribution in [-0.2, 0) is 0 Å². The van der Waals surface area contributed by atoms with E-state index in [-0.39, 0.29) is 0 Å². The summed E-state index contributed by atoms with van der Waals surface area (Å²) in [6, 6.07) is 4.13. The summed E-state index contributed by atoms with van der Waals surface area (Å²) >= 11 is 3.46. The summed E-state index contributed by atoms with van der Waals surface area (Å²) in [5.74, 6) is 0.880. The molecule has 0 radical (unpaired) electrons. The molecular weight excluding hydrogens is 302 g/mol. The number of nitrogens with zero attached hydrogens (tertiary/aromatic N) is 3. The lowest BCUT2D eigenvalue weighted by Crippen LogP contribution is -2.26. The number of hydrogen-bond donors (Lipinski definition) is 0. The zero-order valence-corrected chi connectivity index (χ0v) is 12.7. The van der Waals surface area contributed by atoms with Gasteiger partial charge in [-0.2, -0.15) is 0 Å². The summed E-state index contributed by atoms with van der Waals surface area (Å²) in [5.41, 5.74) is 3.20. The zero-order valence-electron chi connectivity index (χ0n) is 11.1. The quantitative estimate of drug-likeness (QED) is 0.833. The Bertz CT molecular complexity index is 581. The lowest BCUT2D eigenvalue weighted by atomic mass is 10.2. The number of anilines is 1. The van der Waals surface area contributed by atoms with Crippen molar-refractivity contribution >= 4 is 32.7 Å². The molecule has 0 atom stereocenters. The van der Waals surface area contributed by atoms with E-state index in [2.05, 4.69) is 43.8 Å². The molecule has 0 spiro atoms. The first-order chi connectivity index (χ1) is 9.28. The number of pyridine rings is 2. The lowest BCUT2D eigenvalue weighted by Gasteiger charge is -2.25. The summed E-state index contributed by atoms with van der Waals surface area (Å²) in [4.78, 5) is 11.5. The van der Waals surface area contributed by atoms with Crippen LogP contribution >= 0.6 is 15.9 Å². The van der Waals surface area contributed by atoms with Gasteiger partial charge in [-0.1, -0.05) is 6.92 Å². The molecule has 0 aromatic carbocycles. The first-order valence-corrected chi connectivity index (χ1v) is 7.72. The van der Waals surface area contributed by atoms with Crippen LogP contribution in [0.5, 0.6) is 0 Å². The van der Waals surface area contributed by atoms with Crippen LogP contribution in [-0.4, -0.2) is 23.1 Å². The van der Waals surface area contributed by atoms with Crippen LogP contribution in [0.2, 0.25) is 0 Å². The molecule has 0 unspecified atom stereocenters. The Labute approximate surface area is 122 Å². The van der Waals surface area contributed by atoms with Crippen LogP contribution in [0.15, 0.2) is 29.0 Å². The minimum absolute atomic E-state index is 0.880. The van der Waals surface area contributed by atoms with Crippen LogP contribution in [0.4, 0.5) is 5.69 Å². The lowest BCUT2D eigenvalue weighted by molar-refractivity contribution is 0.709. The van der Waals surface area contributed by atoms with Crippen molar-refractivity contribution in [1.82, 2.24) is 9.97 Å². The predicted octanol–water partition coefficient (Wildman–Crippen LogP) is 4.02. The van der Waals surface area contributed by atoms with E-state index in [1.807, 2.05) is 18.5 Å². The molecule has 19 heavy (non-hydrogen) atoms. The molecule has 4 heteroatoms. The van der Waals surface area contributed by atoms with Gasteiger partial charge in [0.2, 0.25) is 0 Å². The topological polar surface area (TPSA) is 29.0 Å². The second-order valence-corrected chi connectivity index (χ2v) is 6.16. The third kappa shape index (κ3) is 2.89. The van der Waals surface area contributed by atoms with E-state index < -0.39 is 0 Å². The summed E-state index contributed by atoms with van der Waals surface area (Å²) < 4.78 is 0.980. The number of rotatable bonds is 5. The molecule has 1 aliphatic rings. The molecule has 1 fully saturated rings. The first kappa shape index (κ1) is 12.9. The van der Waals surface area contributed by atoms with E-state index >= 15 is 0 Å². The number of aromatic nitrogens is 2. The highest BCUT2D eigenvalue weighted by Crippen LogP contribution is 2.33. The van der Waals surface area contributed by atoms with Crippen molar-refractivity contribution in [3.8, 4) is 0 Å². The molecule has 0 saturated heterocycles. The molecule has 0 bridgehead atoms. The van der Waals surface area contributed by atoms with Crippen molar-refractivity contribution in [3.63, 3.8) is 0 Å². The Kier molecular flexibility index (Phi) is 3.69. The van der Waals surface area contributed by atoms with Gasteiger partial charge in [-0.3, -0.25) is 9.97 Å². The van der Waals surface area contributed by atoms with Gasteiger partial charge in [-0.25, -0.2) is 0 Å². The Morgan fingerprint density at radius 3 is 2.95 bits per heavy atom. The van der Waals surface area contributed by atoms with Crippen LogP contribution in [0, 0.1) is 5.92 Å². The largest absolute Gasteiger partial charge is 0.369 e. The highest BCUT2D eigenvalue weighted by atomic mass is 79.9. The molecule has 3 nitrogen and oxygen atoms in total. The first-order valence-electron chi connectivity index (χ1n) is 6.93. The van der Waals surface area contributed by atoms with Gasteiger partial charge in [-0.15, -0.1) is 0 Å². The standard InChI is InChI=1S/C15H18BrN3/c1-2-7-19(10-11-3-4-11)14-5-6-17-13-8-12(16)9-18-15(13)14/h5-6,8-9,11H,2-4,7,10H2,1H3. The second kappa shape index (κ2) is 5.45. The SMILES string of the molecule is CCCN(CC1CC1)c1ccnc2cc(Br)cnc12. The van der Waals surface area contributed by atoms with Crippen LogP contribution in [0.3, 0.4) is 0 Å². The molecule has 3 rings (SSSR count). The molecular formula is C15H18BrN3. The number of halogens is 1. The third-order valence-corrected chi connectivity index (χ3v) is 3.97. The highest BCUT2D eigenvalue weighted by Gasteiger charge is 2.25. The fraction of sp³-hybridized carbons (Fsp3) is 0.467. The van der Waals surface area contributed by atoms with Gasteiger partial charge in [0.25, 0.3) is 0 Å². The average molecular weight is 320 g/mol. The van der Waals surface area contributed by atoms with Gasteiger partial charge in [0.05, 0.1) is 11.2 Å². The molecule has 0 amide bonds. The van der Waals surface area contributed by atoms with Crippen molar-refractivity contribution in [2.45, 2.75) is 26.2 Å². The predicted molar refractivity (Wildman–Crippen MR) is 82.5 cm³/mol. The molecule has 2 heterocycles. The van der Waals surface area contributed by atoms with E-state index in [1.165, 1.54) is 18.5 Å². The minimum Gasteiger partial charge on any atom is -0.369 e. The number of fused-ring (bicyclic) bond motifs is 1. The average Bonchev–Trinajstić information content (AvgIpc) is 3.21. The Hall–Kier alpha value is -1.16. The van der Waals surface area contributed by atoms with E-state index in [4.69, 9.17) is 0 Å². The van der Waals surface area contributed by atoms with Crippen molar-refractivity contribution in [3.05, 3.63) is 29.0 Å². The van der Waals surface area contributed by atoms with Gasteiger partial charge in [-0.05, 0) is 53.2 Å². The fourth-order valence-electron chi connectivity index (χ4n) is 2.44. The van der Waals surface area contributed by atoms with Gasteiger partial charge < -0.3 is 4.90 Å². The third-order valence-electron chi connectivity index (χ3n) is 3.53. The maximum Gasteiger partial charge on any atom is 0.112 e. The fourth-order valence-corrected chi connectivity index (χ4v) is 2.76. The molecule has 2 aromatic rings. The van der Waals surface area contributed by atoms with Crippen molar-refractivity contribution in [1.29, 1.82) is 0 Å². The highest BCUT2D eigenvalue weighted by molar-refractivity contribution is 9.10. The van der Waals surface area contributed by atoms with Crippen molar-refractivity contribution < 1.29 is 0 Å². The summed E-state index contributed by atoms with van der Waals surface area (Å²) in [6.07, 6.45) is 7.66. The Morgan fingerprint density at radius 1 is 1.37 bits per heavy atom. The van der Waals surface area contributed by atoms with Gasteiger partial charge in [0.15, 0.2) is 0 Å². The molecule has 0 aliphatic heterocycles. The minimum atomic E-state index is 0.880. The monoisotopic (exact) mass is 319 g/mol. The molecule has 2 aromatic heterocycles. The number of hydrogen-bond acceptors (Lipinski definition) is 3. The Balaban J connectivity index is 2.00. The normalized spacial score (nSPS) is 14.8. The Morgan fingerprint density at radius 2 is 2.21 bits per heavy atom. The maximum atomic E-state index is 4.56. The smallest absolute Gasteiger partial charge is 0.112 e. The molecule has 0 N–H and O–H groups in total. The van der Waals surface area contributed by atoms with Crippen molar-refractivity contribution in [2.24, 2.45) is 5.92 Å². The van der Waals surface area contributed by atoms with Gasteiger partial charge in [0, 0.05) is 30.0 Å². The van der Waals surface area contributed by atoms with E-state index in [1.54, 1.807) is 0 Å². The molecule has 1 saturated carbocycles. The van der Waals surface area contributed by atoms with Gasteiger partial charge in [0.1, 0.15) is 5.52 Å². The molecule has 100 valence electrons. The molecule has 1 aliphatic carbocycles. The van der Waals surface area contributed by atoms with E-state index in [9.17, 15) is 0 Å². The van der Waals surface area contributed by atoms with Crippen LogP contribution in [0.1, 0.15) is 26.2 Å². The van der Waals surface area contributed by atoms with Gasteiger partial charge >= 0.3 is 0 Å². The van der Waals surface area contributed by atoms with E-state index in [0.717, 1.165) is 40.9 Å². The zero-order chi connectivity index (χ0) is 13.2. The summed E-state index contributed by atoms with van der Waals surface area (Å²) in [5, 5.41) is 0. The van der Waals surface area contributed by atoms with Crippen LogP contribution < -0.4 is 4.90 Å². The van der Waals surface area contributed by atoms with Crippen LogP contribution in [0.25, 0.3) is 11.0 Å². The second-order valence-electron chi connectivity index (χ2n) is 5.24. The summed E-state index contributed by atoms with van der Waals surface area (Å²) in [7, 11) is 0. The van der Waals surface area contributed by atoms with Crippen molar-refractivity contribution in [2.75, 3.05) is 18.0 Å².